The molecular weight excluding hydrogens is 273 g/mol. The lowest BCUT2D eigenvalue weighted by molar-refractivity contribution is -0.0876. The van der Waals surface area contributed by atoms with Crippen LogP contribution in [0.15, 0.2) is 24.3 Å². The van der Waals surface area contributed by atoms with Crippen LogP contribution < -0.4 is 5.32 Å². The standard InChI is InChI=1S/C15H16FN3O2/c16-15(21)5-11-8-19(9-12(11)6-15)14(20)18-13-3-1-2-10(4-13)7-17/h1-4,11-12,21H,5-6,8-9H2,(H,18,20)/t11-,12+,15?. The molecule has 5 nitrogen and oxygen atoms in total. The molecule has 110 valence electrons. The largest absolute Gasteiger partial charge is 0.362 e. The average Bonchev–Trinajstić information content (AvgIpc) is 2.92. The van der Waals surface area contributed by atoms with Crippen LogP contribution in [0, 0.1) is 23.2 Å². The fourth-order valence-electron chi connectivity index (χ4n) is 3.32. The summed E-state index contributed by atoms with van der Waals surface area (Å²) < 4.78 is 13.5. The Balaban J connectivity index is 1.62. The molecule has 2 amide bonds. The molecule has 1 aliphatic heterocycles. The first-order valence-corrected chi connectivity index (χ1v) is 6.94. The number of amides is 2. The lowest BCUT2D eigenvalue weighted by Gasteiger charge is -2.20. The minimum absolute atomic E-state index is 0.0243. The molecule has 1 saturated carbocycles. The van der Waals surface area contributed by atoms with Crippen LogP contribution in [0.5, 0.6) is 0 Å². The second-order valence-electron chi connectivity index (χ2n) is 5.87. The summed E-state index contributed by atoms with van der Waals surface area (Å²) in [6.07, 6.45) is 0.205. The SMILES string of the molecule is N#Cc1cccc(NC(=O)N2C[C@@H]3CC(O)(F)C[C@@H]3C2)c1. The van der Waals surface area contributed by atoms with Crippen molar-refractivity contribution in [3.05, 3.63) is 29.8 Å². The first-order chi connectivity index (χ1) is 9.97. The second-order valence-corrected chi connectivity index (χ2v) is 5.87. The van der Waals surface area contributed by atoms with Gasteiger partial charge in [-0.25, -0.2) is 9.18 Å². The number of alkyl halides is 1. The molecule has 2 N–H and O–H groups in total. The third kappa shape index (κ3) is 2.83. The zero-order chi connectivity index (χ0) is 15.0. The fourth-order valence-corrected chi connectivity index (χ4v) is 3.32. The Kier molecular flexibility index (Phi) is 3.30. The van der Waals surface area contributed by atoms with Crippen molar-refractivity contribution in [1.82, 2.24) is 4.90 Å². The van der Waals surface area contributed by atoms with Gasteiger partial charge in [0.25, 0.3) is 0 Å². The molecule has 0 bridgehead atoms. The van der Waals surface area contributed by atoms with Gasteiger partial charge in [-0.1, -0.05) is 6.07 Å². The molecule has 1 heterocycles. The average molecular weight is 289 g/mol. The summed E-state index contributed by atoms with van der Waals surface area (Å²) in [4.78, 5) is 13.8. The Labute approximate surface area is 122 Å². The summed E-state index contributed by atoms with van der Waals surface area (Å²) in [5.74, 6) is -2.02. The van der Waals surface area contributed by atoms with Gasteiger partial charge in [0.2, 0.25) is 5.85 Å². The highest BCUT2D eigenvalue weighted by Crippen LogP contribution is 2.44. The third-order valence-corrected chi connectivity index (χ3v) is 4.26. The normalized spacial score (nSPS) is 30.8. The third-order valence-electron chi connectivity index (χ3n) is 4.26. The van der Waals surface area contributed by atoms with E-state index in [9.17, 15) is 14.3 Å². The topological polar surface area (TPSA) is 76.4 Å². The van der Waals surface area contributed by atoms with Crippen molar-refractivity contribution >= 4 is 11.7 Å². The van der Waals surface area contributed by atoms with E-state index in [1.54, 1.807) is 29.2 Å². The van der Waals surface area contributed by atoms with Crippen LogP contribution in [0.3, 0.4) is 0 Å². The maximum absolute atomic E-state index is 13.5. The summed E-state index contributed by atoms with van der Waals surface area (Å²) >= 11 is 0. The molecule has 0 aromatic heterocycles. The number of carbonyl (C=O) groups is 1. The van der Waals surface area contributed by atoms with Crippen molar-refractivity contribution in [2.45, 2.75) is 18.7 Å². The van der Waals surface area contributed by atoms with Crippen LogP contribution in [0.4, 0.5) is 14.9 Å². The number of hydrogen-bond donors (Lipinski definition) is 2. The number of likely N-dealkylation sites (tertiary alicyclic amines) is 1. The van der Waals surface area contributed by atoms with Gasteiger partial charge >= 0.3 is 6.03 Å². The zero-order valence-electron chi connectivity index (χ0n) is 11.4. The number of rotatable bonds is 1. The Morgan fingerprint density at radius 2 is 2.10 bits per heavy atom. The Morgan fingerprint density at radius 1 is 1.43 bits per heavy atom. The molecule has 1 aromatic carbocycles. The number of fused-ring (bicyclic) bond motifs is 1. The van der Waals surface area contributed by atoms with Crippen molar-refractivity contribution < 1.29 is 14.3 Å². The molecule has 3 atom stereocenters. The number of anilines is 1. The van der Waals surface area contributed by atoms with Gasteiger partial charge in [0, 0.05) is 31.6 Å². The van der Waals surface area contributed by atoms with Crippen LogP contribution in [0.1, 0.15) is 18.4 Å². The Bertz CT molecular complexity index is 595. The number of carbonyl (C=O) groups excluding carboxylic acids is 1. The van der Waals surface area contributed by atoms with Crippen LogP contribution in [0.2, 0.25) is 0 Å². The number of benzene rings is 1. The molecule has 0 radical (unpaired) electrons. The van der Waals surface area contributed by atoms with E-state index in [1.807, 2.05) is 6.07 Å². The fraction of sp³-hybridized carbons (Fsp3) is 0.467. The zero-order valence-corrected chi connectivity index (χ0v) is 11.4. The van der Waals surface area contributed by atoms with Crippen molar-refractivity contribution in [2.75, 3.05) is 18.4 Å². The summed E-state index contributed by atoms with van der Waals surface area (Å²) in [6.45, 7) is 0.918. The van der Waals surface area contributed by atoms with Gasteiger partial charge in [0.15, 0.2) is 0 Å². The van der Waals surface area contributed by atoms with Gasteiger partial charge in [-0.2, -0.15) is 5.26 Å². The Hall–Kier alpha value is -2.13. The molecular formula is C15H16FN3O2. The summed E-state index contributed by atoms with van der Waals surface area (Å²) in [7, 11) is 0. The van der Waals surface area contributed by atoms with E-state index in [1.165, 1.54) is 0 Å². The number of nitriles is 1. The number of nitrogens with zero attached hydrogens (tertiary/aromatic N) is 2. The lowest BCUT2D eigenvalue weighted by Crippen LogP contribution is -2.35. The van der Waals surface area contributed by atoms with Crippen molar-refractivity contribution in [2.24, 2.45) is 11.8 Å². The van der Waals surface area contributed by atoms with Gasteiger partial charge in [-0.05, 0) is 30.0 Å². The van der Waals surface area contributed by atoms with Crippen LogP contribution in [-0.2, 0) is 0 Å². The number of hydrogen-bond acceptors (Lipinski definition) is 3. The molecule has 1 saturated heterocycles. The molecule has 3 rings (SSSR count). The minimum Gasteiger partial charge on any atom is -0.362 e. The summed E-state index contributed by atoms with van der Waals surface area (Å²) in [6, 6.07) is 8.46. The van der Waals surface area contributed by atoms with Gasteiger partial charge in [-0.15, -0.1) is 0 Å². The maximum atomic E-state index is 13.5. The molecule has 21 heavy (non-hydrogen) atoms. The maximum Gasteiger partial charge on any atom is 0.321 e. The molecule has 1 aromatic rings. The number of nitrogens with one attached hydrogen (secondary N) is 1. The van der Waals surface area contributed by atoms with Gasteiger partial charge < -0.3 is 15.3 Å². The van der Waals surface area contributed by atoms with E-state index < -0.39 is 5.85 Å². The second kappa shape index (κ2) is 5.01. The quantitative estimate of drug-likeness (QED) is 0.831. The monoisotopic (exact) mass is 289 g/mol. The molecule has 2 fully saturated rings. The van der Waals surface area contributed by atoms with Crippen LogP contribution >= 0.6 is 0 Å². The summed E-state index contributed by atoms with van der Waals surface area (Å²) in [5.41, 5.74) is 1.05. The van der Waals surface area contributed by atoms with Crippen LogP contribution in [-0.4, -0.2) is 35.0 Å². The van der Waals surface area contributed by atoms with Crippen molar-refractivity contribution in [3.8, 4) is 6.07 Å². The Morgan fingerprint density at radius 3 is 2.71 bits per heavy atom. The smallest absolute Gasteiger partial charge is 0.321 e. The molecule has 2 aliphatic rings. The molecule has 1 unspecified atom stereocenters. The van der Waals surface area contributed by atoms with E-state index in [2.05, 4.69) is 5.32 Å². The molecule has 6 heteroatoms. The van der Waals surface area contributed by atoms with E-state index >= 15 is 0 Å². The highest BCUT2D eigenvalue weighted by atomic mass is 19.2. The predicted octanol–water partition coefficient (Wildman–Crippen LogP) is 2.09. The number of halogens is 1. The predicted molar refractivity (Wildman–Crippen MR) is 74.0 cm³/mol. The highest BCUT2D eigenvalue weighted by Gasteiger charge is 2.49. The highest BCUT2D eigenvalue weighted by molar-refractivity contribution is 5.89. The van der Waals surface area contributed by atoms with E-state index in [4.69, 9.17) is 5.26 Å². The first kappa shape index (κ1) is 13.8. The van der Waals surface area contributed by atoms with Gasteiger partial charge in [0.05, 0.1) is 11.6 Å². The number of urea groups is 1. The van der Waals surface area contributed by atoms with Crippen molar-refractivity contribution in [1.29, 1.82) is 5.26 Å². The minimum atomic E-state index is -2.07. The van der Waals surface area contributed by atoms with E-state index in [0.717, 1.165) is 0 Å². The molecule has 1 aliphatic carbocycles. The van der Waals surface area contributed by atoms with Crippen LogP contribution in [0.25, 0.3) is 0 Å². The van der Waals surface area contributed by atoms with Gasteiger partial charge in [-0.3, -0.25) is 0 Å². The van der Waals surface area contributed by atoms with Gasteiger partial charge in [0.1, 0.15) is 0 Å². The first-order valence-electron chi connectivity index (χ1n) is 6.94. The van der Waals surface area contributed by atoms with E-state index in [-0.39, 0.29) is 30.7 Å². The molecule has 0 spiro atoms. The van der Waals surface area contributed by atoms with E-state index in [0.29, 0.717) is 24.3 Å². The number of aliphatic hydroxyl groups is 1. The summed E-state index contributed by atoms with van der Waals surface area (Å²) in [5, 5.41) is 21.0. The van der Waals surface area contributed by atoms with Crippen molar-refractivity contribution in [3.63, 3.8) is 0 Å². The lowest BCUT2D eigenvalue weighted by atomic mass is 10.0.